The van der Waals surface area contributed by atoms with Crippen LogP contribution in [0.4, 0.5) is 0 Å². The molecular formula is C11H17N3O4S. The highest BCUT2D eigenvalue weighted by atomic mass is 32.2. The first-order valence-corrected chi connectivity index (χ1v) is 7.76. The second-order valence-electron chi connectivity index (χ2n) is 4.59. The third-order valence-corrected chi connectivity index (χ3v) is 4.82. The zero-order valence-electron chi connectivity index (χ0n) is 10.7. The molecule has 0 aliphatic carbocycles. The van der Waals surface area contributed by atoms with Crippen LogP contribution < -0.4 is 11.3 Å². The summed E-state index contributed by atoms with van der Waals surface area (Å²) in [5, 5.41) is 0. The minimum Gasteiger partial charge on any atom is -0.456 e. The van der Waals surface area contributed by atoms with E-state index in [1.165, 1.54) is 0 Å². The fraction of sp³-hybridized carbons (Fsp3) is 0.545. The van der Waals surface area contributed by atoms with Gasteiger partial charge in [-0.2, -0.15) is 0 Å². The Hall–Kier alpha value is -1.38. The van der Waals surface area contributed by atoms with E-state index in [4.69, 9.17) is 10.3 Å². The Morgan fingerprint density at radius 1 is 1.47 bits per heavy atom. The van der Waals surface area contributed by atoms with Crippen LogP contribution in [0.15, 0.2) is 10.5 Å². The number of nitrogens with one attached hydrogen (secondary N) is 1. The van der Waals surface area contributed by atoms with Gasteiger partial charge in [-0.25, -0.2) is 14.3 Å². The normalized spacial score (nSPS) is 19.3. The molecular weight excluding hydrogens is 270 g/mol. The van der Waals surface area contributed by atoms with Gasteiger partial charge in [0, 0.05) is 25.2 Å². The summed E-state index contributed by atoms with van der Waals surface area (Å²) < 4.78 is 28.0. The molecule has 3 N–H and O–H groups in total. The van der Waals surface area contributed by atoms with Crippen molar-refractivity contribution >= 4 is 15.7 Å². The highest BCUT2D eigenvalue weighted by Gasteiger charge is 2.23. The van der Waals surface area contributed by atoms with Crippen LogP contribution in [0.3, 0.4) is 0 Å². The van der Waals surface area contributed by atoms with E-state index in [0.717, 1.165) is 5.56 Å². The smallest absolute Gasteiger partial charge is 0.300 e. The first-order chi connectivity index (χ1) is 8.91. The van der Waals surface area contributed by atoms with E-state index in [0.29, 0.717) is 25.4 Å². The van der Waals surface area contributed by atoms with Crippen molar-refractivity contribution in [1.82, 2.24) is 10.3 Å². The minimum atomic E-state index is -2.88. The number of rotatable bonds is 3. The number of carbonyl (C=O) groups excluding carboxylic acids is 1. The van der Waals surface area contributed by atoms with Gasteiger partial charge in [-0.1, -0.05) is 0 Å². The van der Waals surface area contributed by atoms with E-state index >= 15 is 0 Å². The van der Waals surface area contributed by atoms with Crippen LogP contribution >= 0.6 is 0 Å². The zero-order valence-corrected chi connectivity index (χ0v) is 11.5. The molecule has 7 nitrogen and oxygen atoms in total. The molecule has 1 fully saturated rings. The van der Waals surface area contributed by atoms with Gasteiger partial charge < -0.3 is 4.42 Å². The van der Waals surface area contributed by atoms with Gasteiger partial charge in [0.1, 0.15) is 5.76 Å². The molecule has 8 heteroatoms. The highest BCUT2D eigenvalue weighted by molar-refractivity contribution is 7.91. The molecule has 1 aromatic heterocycles. The molecule has 0 aromatic carbocycles. The number of carbonyl (C=O) groups is 1. The maximum absolute atomic E-state index is 11.3. The van der Waals surface area contributed by atoms with Crippen molar-refractivity contribution in [1.29, 1.82) is 0 Å². The average Bonchev–Trinajstić information content (AvgIpc) is 2.73. The number of hydrazine groups is 1. The van der Waals surface area contributed by atoms with Gasteiger partial charge in [0.15, 0.2) is 15.6 Å². The lowest BCUT2D eigenvalue weighted by Gasteiger charge is -2.26. The van der Waals surface area contributed by atoms with E-state index in [1.54, 1.807) is 13.0 Å². The molecule has 0 bridgehead atoms. The van der Waals surface area contributed by atoms with Gasteiger partial charge in [-0.05, 0) is 13.0 Å². The van der Waals surface area contributed by atoms with E-state index in [1.807, 2.05) is 10.3 Å². The van der Waals surface area contributed by atoms with E-state index in [9.17, 15) is 13.2 Å². The largest absolute Gasteiger partial charge is 0.456 e. The van der Waals surface area contributed by atoms with Crippen LogP contribution in [0, 0.1) is 6.92 Å². The first-order valence-electron chi connectivity index (χ1n) is 5.94. The molecule has 0 unspecified atom stereocenters. The number of amides is 1. The van der Waals surface area contributed by atoms with Crippen molar-refractivity contribution in [3.63, 3.8) is 0 Å². The molecule has 1 aromatic rings. The Bertz CT molecular complexity index is 565. The number of sulfone groups is 1. The lowest BCUT2D eigenvalue weighted by Crippen LogP contribution is -2.39. The molecule has 2 rings (SSSR count). The molecule has 0 spiro atoms. The van der Waals surface area contributed by atoms with Gasteiger partial charge in [-0.15, -0.1) is 0 Å². The molecule has 0 saturated carbocycles. The van der Waals surface area contributed by atoms with Crippen LogP contribution in [0.5, 0.6) is 0 Å². The fourth-order valence-corrected chi connectivity index (χ4v) is 3.29. The Kier molecular flexibility index (Phi) is 3.93. The Balaban J connectivity index is 2.04. The van der Waals surface area contributed by atoms with Crippen molar-refractivity contribution in [3.8, 4) is 0 Å². The quantitative estimate of drug-likeness (QED) is 0.438. The lowest BCUT2D eigenvalue weighted by molar-refractivity contribution is 0.0924. The monoisotopic (exact) mass is 287 g/mol. The van der Waals surface area contributed by atoms with Crippen molar-refractivity contribution in [3.05, 3.63) is 23.2 Å². The third-order valence-electron chi connectivity index (χ3n) is 3.21. The maximum Gasteiger partial charge on any atom is 0.300 e. The first kappa shape index (κ1) is 14.0. The Morgan fingerprint density at radius 2 is 2.11 bits per heavy atom. The van der Waals surface area contributed by atoms with Crippen LogP contribution in [0.2, 0.25) is 0 Å². The summed E-state index contributed by atoms with van der Waals surface area (Å²) in [5.74, 6) is 5.74. The van der Waals surface area contributed by atoms with Gasteiger partial charge >= 0.3 is 5.91 Å². The zero-order chi connectivity index (χ0) is 14.0. The van der Waals surface area contributed by atoms with Crippen LogP contribution in [-0.4, -0.2) is 43.8 Å². The number of hydrogen-bond donors (Lipinski definition) is 2. The predicted molar refractivity (Wildman–Crippen MR) is 69.0 cm³/mol. The third kappa shape index (κ3) is 3.34. The fourth-order valence-electron chi connectivity index (χ4n) is 2.01. The summed E-state index contributed by atoms with van der Waals surface area (Å²) in [4.78, 5) is 13.4. The maximum atomic E-state index is 11.3. The summed E-state index contributed by atoms with van der Waals surface area (Å²) in [6.07, 6.45) is 0. The number of nitrogens with zero attached hydrogens (tertiary/aromatic N) is 1. The van der Waals surface area contributed by atoms with Crippen molar-refractivity contribution in [2.24, 2.45) is 5.84 Å². The summed E-state index contributed by atoms with van der Waals surface area (Å²) in [5.41, 5.74) is 2.88. The summed E-state index contributed by atoms with van der Waals surface area (Å²) in [6, 6.07) is 1.64. The highest BCUT2D eigenvalue weighted by Crippen LogP contribution is 2.18. The van der Waals surface area contributed by atoms with E-state index in [2.05, 4.69) is 0 Å². The lowest BCUT2D eigenvalue weighted by atomic mass is 10.2. The molecule has 1 amide bonds. The number of nitrogens with two attached hydrogens (primary N) is 1. The summed E-state index contributed by atoms with van der Waals surface area (Å²) in [7, 11) is -2.88. The molecule has 106 valence electrons. The van der Waals surface area contributed by atoms with Crippen LogP contribution in [-0.2, 0) is 16.4 Å². The van der Waals surface area contributed by atoms with Gasteiger partial charge in [-0.3, -0.25) is 15.1 Å². The molecule has 2 heterocycles. The van der Waals surface area contributed by atoms with E-state index < -0.39 is 15.7 Å². The number of furan rings is 1. The van der Waals surface area contributed by atoms with Gasteiger partial charge in [0.05, 0.1) is 11.5 Å². The predicted octanol–water partition coefficient (Wildman–Crippen LogP) is -0.578. The van der Waals surface area contributed by atoms with Crippen LogP contribution in [0.25, 0.3) is 0 Å². The number of nitrogen functional groups attached to an aromatic ring is 1. The van der Waals surface area contributed by atoms with Crippen LogP contribution in [0.1, 0.15) is 21.9 Å². The minimum absolute atomic E-state index is 0.166. The van der Waals surface area contributed by atoms with Gasteiger partial charge in [0.25, 0.3) is 0 Å². The van der Waals surface area contributed by atoms with Crippen molar-refractivity contribution in [2.75, 3.05) is 24.6 Å². The van der Waals surface area contributed by atoms with Crippen molar-refractivity contribution < 1.29 is 17.6 Å². The molecule has 1 saturated heterocycles. The van der Waals surface area contributed by atoms with Crippen molar-refractivity contribution in [2.45, 2.75) is 13.5 Å². The molecule has 0 atom stereocenters. The average molecular weight is 287 g/mol. The molecule has 1 aliphatic heterocycles. The number of aryl methyl sites for hydroxylation is 1. The molecule has 19 heavy (non-hydrogen) atoms. The van der Waals surface area contributed by atoms with Gasteiger partial charge in [0.2, 0.25) is 0 Å². The molecule has 0 radical (unpaired) electrons. The second kappa shape index (κ2) is 5.32. The second-order valence-corrected chi connectivity index (χ2v) is 6.90. The Morgan fingerprint density at radius 3 is 2.68 bits per heavy atom. The summed E-state index contributed by atoms with van der Waals surface area (Å²) in [6.45, 7) is 3.35. The number of hydrogen-bond acceptors (Lipinski definition) is 6. The SMILES string of the molecule is Cc1oc(C(=O)NN)cc1CN1CCS(=O)(=O)CC1. The summed E-state index contributed by atoms with van der Waals surface area (Å²) >= 11 is 0. The topological polar surface area (TPSA) is 106 Å². The standard InChI is InChI=1S/C11H17N3O4S/c1-8-9(6-10(18-8)11(15)13-12)7-14-2-4-19(16,17)5-3-14/h6H,2-5,7,12H2,1H3,(H,13,15). The van der Waals surface area contributed by atoms with E-state index in [-0.39, 0.29) is 17.3 Å². The Labute approximate surface area is 111 Å². The molecule has 1 aliphatic rings.